The third kappa shape index (κ3) is 0.604. The van der Waals surface area contributed by atoms with E-state index < -0.39 is 0 Å². The topological polar surface area (TPSA) is 77.8 Å². The van der Waals surface area contributed by atoms with E-state index in [1.165, 1.54) is 12.6 Å². The molecule has 10 heavy (non-hydrogen) atoms. The Bertz CT molecular complexity index is 355. The van der Waals surface area contributed by atoms with Crippen LogP contribution in [0.25, 0.3) is 11.4 Å². The summed E-state index contributed by atoms with van der Waals surface area (Å²) in [5, 5.41) is 0. The van der Waals surface area contributed by atoms with E-state index in [2.05, 4.69) is 15.0 Å². The molecule has 0 aromatic carbocycles. The van der Waals surface area contributed by atoms with Gasteiger partial charge in [-0.05, 0) is 0 Å². The number of aromatic nitrogens is 3. The lowest BCUT2D eigenvalue weighted by Gasteiger charge is -1.86. The van der Waals surface area contributed by atoms with Gasteiger partial charge in [-0.25, -0.2) is 4.98 Å². The average Bonchev–Trinajstić information content (AvgIpc) is 2.33. The molecule has 50 valence electrons. The van der Waals surface area contributed by atoms with E-state index in [9.17, 15) is 0 Å². The van der Waals surface area contributed by atoms with Crippen LogP contribution in [0.2, 0.25) is 0 Å². The van der Waals surface area contributed by atoms with Crippen LogP contribution in [0.1, 0.15) is 0 Å². The minimum absolute atomic E-state index is 0.337. The highest BCUT2D eigenvalue weighted by molar-refractivity contribution is 5.63. The Balaban J connectivity index is 2.86. The monoisotopic (exact) mass is 136 g/mol. The van der Waals surface area contributed by atoms with Gasteiger partial charge in [-0.2, -0.15) is 9.97 Å². The van der Waals surface area contributed by atoms with Crippen LogP contribution in [0, 0.1) is 0 Å². The van der Waals surface area contributed by atoms with Gasteiger partial charge in [-0.1, -0.05) is 0 Å². The van der Waals surface area contributed by atoms with Crippen molar-refractivity contribution >= 4 is 17.2 Å². The summed E-state index contributed by atoms with van der Waals surface area (Å²) in [5.41, 5.74) is 6.18. The molecule has 0 saturated heterocycles. The molecule has 5 nitrogen and oxygen atoms in total. The molecule has 0 atom stereocenters. The number of anilines is 1. The van der Waals surface area contributed by atoms with Crippen LogP contribution in [-0.2, 0) is 0 Å². The van der Waals surface area contributed by atoms with Crippen LogP contribution in [-0.4, -0.2) is 15.0 Å². The van der Waals surface area contributed by atoms with Crippen molar-refractivity contribution in [2.75, 3.05) is 5.73 Å². The zero-order chi connectivity index (χ0) is 6.97. The van der Waals surface area contributed by atoms with E-state index in [-0.39, 0.29) is 0 Å². The van der Waals surface area contributed by atoms with Crippen LogP contribution in [0.5, 0.6) is 0 Å². The Morgan fingerprint density at radius 2 is 2.30 bits per heavy atom. The van der Waals surface area contributed by atoms with Gasteiger partial charge in [0.05, 0.1) is 6.20 Å². The largest absolute Gasteiger partial charge is 0.424 e. The van der Waals surface area contributed by atoms with Crippen molar-refractivity contribution in [2.45, 2.75) is 0 Å². The Morgan fingerprint density at radius 1 is 1.40 bits per heavy atom. The third-order valence-electron chi connectivity index (χ3n) is 1.08. The van der Waals surface area contributed by atoms with Gasteiger partial charge in [0, 0.05) is 0 Å². The zero-order valence-electron chi connectivity index (χ0n) is 4.98. The summed E-state index contributed by atoms with van der Waals surface area (Å²) < 4.78 is 4.83. The fraction of sp³-hybridized carbons (Fsp3) is 0. The van der Waals surface area contributed by atoms with Gasteiger partial charge in [0.1, 0.15) is 5.82 Å². The van der Waals surface area contributed by atoms with Crippen molar-refractivity contribution in [1.82, 2.24) is 15.0 Å². The highest BCUT2D eigenvalue weighted by Crippen LogP contribution is 2.06. The smallest absolute Gasteiger partial charge is 0.268 e. The van der Waals surface area contributed by atoms with Crippen molar-refractivity contribution in [3.63, 3.8) is 0 Å². The molecule has 2 aromatic rings. The fourth-order valence-corrected chi connectivity index (χ4v) is 0.672. The van der Waals surface area contributed by atoms with Gasteiger partial charge in [-0.3, -0.25) is 0 Å². The normalized spacial score (nSPS) is 10.4. The standard InChI is InChI=1S/C5H4N4O/c6-3-1-7-4-5(9-3)10-2-8-4/h1-2H,(H2,6,9). The Kier molecular flexibility index (Phi) is 0.858. The van der Waals surface area contributed by atoms with Gasteiger partial charge >= 0.3 is 0 Å². The number of hydrogen-bond donors (Lipinski definition) is 1. The summed E-state index contributed by atoms with van der Waals surface area (Å²) in [5.74, 6) is 0.337. The molecule has 0 spiro atoms. The first-order valence-corrected chi connectivity index (χ1v) is 2.68. The summed E-state index contributed by atoms with van der Waals surface area (Å²) in [4.78, 5) is 11.4. The first kappa shape index (κ1) is 5.16. The molecular weight excluding hydrogens is 132 g/mol. The van der Waals surface area contributed by atoms with Crippen molar-refractivity contribution in [1.29, 1.82) is 0 Å². The van der Waals surface area contributed by atoms with Crippen molar-refractivity contribution in [3.05, 3.63) is 12.6 Å². The number of rotatable bonds is 0. The molecule has 0 fully saturated rings. The summed E-state index contributed by atoms with van der Waals surface area (Å²) >= 11 is 0. The number of oxazole rings is 1. The van der Waals surface area contributed by atoms with E-state index >= 15 is 0 Å². The Hall–Kier alpha value is -1.65. The first-order valence-electron chi connectivity index (χ1n) is 2.68. The average molecular weight is 136 g/mol. The second kappa shape index (κ2) is 1.66. The number of nitrogen functional groups attached to an aromatic ring is 1. The second-order valence-electron chi connectivity index (χ2n) is 1.78. The first-order chi connectivity index (χ1) is 4.86. The molecule has 0 unspecified atom stereocenters. The number of fused-ring (bicyclic) bond motifs is 1. The van der Waals surface area contributed by atoms with E-state index in [4.69, 9.17) is 10.2 Å². The predicted molar refractivity (Wildman–Crippen MR) is 34.0 cm³/mol. The molecule has 0 radical (unpaired) electrons. The lowest BCUT2D eigenvalue weighted by Crippen LogP contribution is -1.90. The number of nitrogens with zero attached hydrogens (tertiary/aromatic N) is 3. The highest BCUT2D eigenvalue weighted by Gasteiger charge is 1.99. The molecule has 0 aliphatic heterocycles. The quantitative estimate of drug-likeness (QED) is 0.559. The minimum Gasteiger partial charge on any atom is -0.424 e. The van der Waals surface area contributed by atoms with Gasteiger partial charge in [0.25, 0.3) is 5.71 Å². The lowest BCUT2D eigenvalue weighted by molar-refractivity contribution is 0.591. The molecule has 0 aliphatic carbocycles. The Labute approximate surface area is 55.9 Å². The van der Waals surface area contributed by atoms with E-state index in [1.807, 2.05) is 0 Å². The summed E-state index contributed by atoms with van der Waals surface area (Å²) in [6.07, 6.45) is 2.72. The van der Waals surface area contributed by atoms with Crippen LogP contribution < -0.4 is 5.73 Å². The van der Waals surface area contributed by atoms with Gasteiger partial charge in [-0.15, -0.1) is 0 Å². The third-order valence-corrected chi connectivity index (χ3v) is 1.08. The maximum atomic E-state index is 5.32. The van der Waals surface area contributed by atoms with Crippen LogP contribution in [0.4, 0.5) is 5.82 Å². The maximum absolute atomic E-state index is 5.32. The second-order valence-corrected chi connectivity index (χ2v) is 1.78. The zero-order valence-corrected chi connectivity index (χ0v) is 4.98. The molecule has 2 aromatic heterocycles. The molecule has 0 bridgehead atoms. The van der Waals surface area contributed by atoms with Crippen molar-refractivity contribution in [3.8, 4) is 0 Å². The molecule has 2 heterocycles. The van der Waals surface area contributed by atoms with Gasteiger partial charge in [0.15, 0.2) is 6.39 Å². The van der Waals surface area contributed by atoms with Crippen LogP contribution >= 0.6 is 0 Å². The Morgan fingerprint density at radius 3 is 3.20 bits per heavy atom. The van der Waals surface area contributed by atoms with E-state index in [1.54, 1.807) is 0 Å². The molecular formula is C5H4N4O. The fourth-order valence-electron chi connectivity index (χ4n) is 0.672. The van der Waals surface area contributed by atoms with E-state index in [0.717, 1.165) is 0 Å². The van der Waals surface area contributed by atoms with Gasteiger partial charge < -0.3 is 10.2 Å². The summed E-state index contributed by atoms with van der Waals surface area (Å²) in [6, 6.07) is 0. The molecule has 2 rings (SSSR count). The summed E-state index contributed by atoms with van der Waals surface area (Å²) in [7, 11) is 0. The minimum atomic E-state index is 0.337. The SMILES string of the molecule is Nc1cnc2ncoc2n1. The number of hydrogen-bond acceptors (Lipinski definition) is 5. The van der Waals surface area contributed by atoms with Gasteiger partial charge in [0.2, 0.25) is 5.65 Å². The molecule has 0 amide bonds. The highest BCUT2D eigenvalue weighted by atomic mass is 16.3. The predicted octanol–water partition coefficient (Wildman–Crippen LogP) is 0.200. The van der Waals surface area contributed by atoms with Crippen molar-refractivity contribution < 1.29 is 4.42 Å². The van der Waals surface area contributed by atoms with Crippen LogP contribution in [0.3, 0.4) is 0 Å². The molecule has 0 saturated carbocycles. The number of nitrogens with two attached hydrogens (primary N) is 1. The molecule has 0 aliphatic rings. The van der Waals surface area contributed by atoms with Crippen LogP contribution in [0.15, 0.2) is 17.0 Å². The molecule has 2 N–H and O–H groups in total. The maximum Gasteiger partial charge on any atom is 0.268 e. The van der Waals surface area contributed by atoms with Crippen molar-refractivity contribution in [2.24, 2.45) is 0 Å². The van der Waals surface area contributed by atoms with E-state index in [0.29, 0.717) is 17.2 Å². The molecule has 5 heteroatoms. The summed E-state index contributed by atoms with van der Waals surface area (Å²) in [6.45, 7) is 0. The lowest BCUT2D eigenvalue weighted by atomic mass is 10.6.